The Kier molecular flexibility index (Phi) is 4.52. The smallest absolute Gasteiger partial charge is 0.263 e. The quantitative estimate of drug-likeness (QED) is 0.796. The highest BCUT2D eigenvalue weighted by Crippen LogP contribution is 2.32. The monoisotopic (exact) mass is 401 g/mol. The maximum atomic E-state index is 13.7. The lowest BCUT2D eigenvalue weighted by atomic mass is 10.1. The van der Waals surface area contributed by atoms with Crippen LogP contribution < -0.4 is 10.2 Å². The average Bonchev–Trinajstić information content (AvgIpc) is 3.17. The molecule has 2 aromatic carbocycles. The number of carbonyl (C=O) groups is 3. The number of nitrogens with one attached hydrogen (secondary N) is 1. The Morgan fingerprint density at radius 2 is 1.93 bits per heavy atom. The summed E-state index contributed by atoms with van der Waals surface area (Å²) >= 11 is 5.94. The van der Waals surface area contributed by atoms with Gasteiger partial charge in [-0.2, -0.15) is 5.11 Å². The first-order chi connectivity index (χ1) is 13.5. The van der Waals surface area contributed by atoms with Crippen LogP contribution in [0.3, 0.4) is 0 Å². The molecule has 0 unspecified atom stereocenters. The predicted octanol–water partition coefficient (Wildman–Crippen LogP) is 2.41. The van der Waals surface area contributed by atoms with Crippen LogP contribution in [0.1, 0.15) is 0 Å². The van der Waals surface area contributed by atoms with E-state index in [1.54, 1.807) is 24.3 Å². The third-order valence-corrected chi connectivity index (χ3v) is 4.61. The number of benzene rings is 2. The highest BCUT2D eigenvalue weighted by atomic mass is 35.5. The molecule has 3 amide bonds. The van der Waals surface area contributed by atoms with Crippen molar-refractivity contribution in [2.24, 2.45) is 10.3 Å². The molecule has 1 N–H and O–H groups in total. The zero-order valence-electron chi connectivity index (χ0n) is 14.3. The summed E-state index contributed by atoms with van der Waals surface area (Å²) in [5, 5.41) is 11.5. The minimum absolute atomic E-state index is 0.00886. The standard InChI is InChI=1S/C18H13ClFN5O3/c19-10-4-3-5-11(8-10)25-17(27)15-16(18(25)28)24(23-22-15)9-14(26)21-13-7-2-1-6-12(13)20/h1-8,15-16H,9H2,(H,21,26)/t15-,16-/m1/s1. The minimum Gasteiger partial charge on any atom is -0.322 e. The second-order valence-corrected chi connectivity index (χ2v) is 6.65. The summed E-state index contributed by atoms with van der Waals surface area (Å²) in [7, 11) is 0. The van der Waals surface area contributed by atoms with Crippen molar-refractivity contribution >= 4 is 40.7 Å². The molecule has 2 aliphatic rings. The number of rotatable bonds is 4. The van der Waals surface area contributed by atoms with E-state index in [1.165, 1.54) is 24.3 Å². The van der Waals surface area contributed by atoms with Gasteiger partial charge in [0, 0.05) is 5.02 Å². The van der Waals surface area contributed by atoms with Crippen LogP contribution in [-0.4, -0.2) is 41.4 Å². The fourth-order valence-corrected chi connectivity index (χ4v) is 3.31. The van der Waals surface area contributed by atoms with Gasteiger partial charge in [-0.05, 0) is 30.3 Å². The van der Waals surface area contributed by atoms with Gasteiger partial charge >= 0.3 is 0 Å². The fourth-order valence-electron chi connectivity index (χ4n) is 3.12. The van der Waals surface area contributed by atoms with Crippen LogP contribution in [-0.2, 0) is 14.4 Å². The second-order valence-electron chi connectivity index (χ2n) is 6.21. The maximum Gasteiger partial charge on any atom is 0.263 e. The van der Waals surface area contributed by atoms with Crippen LogP contribution in [0.25, 0.3) is 0 Å². The lowest BCUT2D eigenvalue weighted by molar-refractivity contribution is -0.123. The van der Waals surface area contributed by atoms with Gasteiger partial charge in [0.15, 0.2) is 12.1 Å². The summed E-state index contributed by atoms with van der Waals surface area (Å²) < 4.78 is 13.7. The van der Waals surface area contributed by atoms with Gasteiger partial charge in [0.25, 0.3) is 11.8 Å². The van der Waals surface area contributed by atoms with Crippen molar-refractivity contribution in [3.63, 3.8) is 0 Å². The van der Waals surface area contributed by atoms with Crippen LogP contribution in [0.5, 0.6) is 0 Å². The topological polar surface area (TPSA) is 94.4 Å². The number of fused-ring (bicyclic) bond motifs is 1. The first-order valence-electron chi connectivity index (χ1n) is 8.31. The molecule has 0 radical (unpaired) electrons. The Morgan fingerprint density at radius 3 is 2.68 bits per heavy atom. The number of amides is 3. The zero-order valence-corrected chi connectivity index (χ0v) is 15.0. The molecule has 28 heavy (non-hydrogen) atoms. The number of carbonyl (C=O) groups excluding carboxylic acids is 3. The van der Waals surface area contributed by atoms with Crippen molar-refractivity contribution in [2.45, 2.75) is 12.1 Å². The van der Waals surface area contributed by atoms with Crippen molar-refractivity contribution in [1.82, 2.24) is 5.01 Å². The highest BCUT2D eigenvalue weighted by molar-refractivity contribution is 6.31. The minimum atomic E-state index is -1.03. The Hall–Kier alpha value is -3.33. The molecular weight excluding hydrogens is 389 g/mol. The van der Waals surface area contributed by atoms with E-state index in [9.17, 15) is 18.8 Å². The largest absolute Gasteiger partial charge is 0.322 e. The van der Waals surface area contributed by atoms with Crippen molar-refractivity contribution in [3.05, 3.63) is 59.4 Å². The van der Waals surface area contributed by atoms with Gasteiger partial charge in [-0.25, -0.2) is 9.29 Å². The van der Waals surface area contributed by atoms with Gasteiger partial charge in [-0.3, -0.25) is 19.4 Å². The molecule has 2 heterocycles. The molecule has 0 spiro atoms. The van der Waals surface area contributed by atoms with Crippen molar-refractivity contribution in [1.29, 1.82) is 0 Å². The molecule has 2 aliphatic heterocycles. The Labute approximate surface area is 163 Å². The summed E-state index contributed by atoms with van der Waals surface area (Å²) in [6, 6.07) is 9.94. The molecule has 142 valence electrons. The number of hydrogen-bond acceptors (Lipinski definition) is 6. The van der Waals surface area contributed by atoms with E-state index in [1.807, 2.05) is 0 Å². The molecular formula is C18H13ClFN5O3. The van der Waals surface area contributed by atoms with E-state index in [2.05, 4.69) is 15.7 Å². The number of nitrogens with zero attached hydrogens (tertiary/aromatic N) is 4. The summed E-state index contributed by atoms with van der Waals surface area (Å²) in [6.07, 6.45) is 0. The number of para-hydroxylation sites is 1. The van der Waals surface area contributed by atoms with Crippen LogP contribution in [0.4, 0.5) is 15.8 Å². The van der Waals surface area contributed by atoms with Crippen LogP contribution in [0, 0.1) is 5.82 Å². The average molecular weight is 402 g/mol. The molecule has 10 heteroatoms. The first kappa shape index (κ1) is 18.1. The van der Waals surface area contributed by atoms with Crippen molar-refractivity contribution in [3.8, 4) is 0 Å². The lowest BCUT2D eigenvalue weighted by Crippen LogP contribution is -2.43. The predicted molar refractivity (Wildman–Crippen MR) is 98.1 cm³/mol. The van der Waals surface area contributed by atoms with E-state index in [-0.39, 0.29) is 12.2 Å². The van der Waals surface area contributed by atoms with Crippen LogP contribution in [0.15, 0.2) is 58.9 Å². The lowest BCUT2D eigenvalue weighted by Gasteiger charge is -2.20. The molecule has 4 rings (SSSR count). The van der Waals surface area contributed by atoms with Crippen LogP contribution in [0.2, 0.25) is 5.02 Å². The molecule has 8 nitrogen and oxygen atoms in total. The van der Waals surface area contributed by atoms with Gasteiger partial charge in [0.05, 0.1) is 11.4 Å². The number of halogens is 2. The van der Waals surface area contributed by atoms with Gasteiger partial charge in [0.1, 0.15) is 12.4 Å². The highest BCUT2D eigenvalue weighted by Gasteiger charge is 2.55. The summed E-state index contributed by atoms with van der Waals surface area (Å²) in [5.41, 5.74) is 0.331. The molecule has 0 aliphatic carbocycles. The summed E-state index contributed by atoms with van der Waals surface area (Å²) in [4.78, 5) is 38.7. The Morgan fingerprint density at radius 1 is 1.14 bits per heavy atom. The Balaban J connectivity index is 1.50. The molecule has 1 saturated heterocycles. The first-order valence-corrected chi connectivity index (χ1v) is 8.68. The van der Waals surface area contributed by atoms with E-state index >= 15 is 0 Å². The van der Waals surface area contributed by atoms with E-state index in [0.29, 0.717) is 10.7 Å². The SMILES string of the molecule is O=C(CN1N=N[C@H]2C(=O)N(c3cccc(Cl)c3)C(=O)[C@@H]21)Nc1ccccc1F. The van der Waals surface area contributed by atoms with Crippen molar-refractivity contribution < 1.29 is 18.8 Å². The van der Waals surface area contributed by atoms with Gasteiger partial charge in [-0.1, -0.05) is 35.0 Å². The molecule has 0 bridgehead atoms. The second kappa shape index (κ2) is 7.01. The normalized spacial score (nSPS) is 20.6. The third kappa shape index (κ3) is 3.09. The van der Waals surface area contributed by atoms with E-state index in [0.717, 1.165) is 9.91 Å². The number of imide groups is 1. The van der Waals surface area contributed by atoms with E-state index < -0.39 is 35.6 Å². The number of anilines is 2. The van der Waals surface area contributed by atoms with Gasteiger partial charge in [0.2, 0.25) is 5.91 Å². The molecule has 2 aromatic rings. The summed E-state index contributed by atoms with van der Waals surface area (Å²) in [6.45, 7) is -0.360. The Bertz CT molecular complexity index is 1010. The summed E-state index contributed by atoms with van der Waals surface area (Å²) in [5.74, 6) is -2.28. The maximum absolute atomic E-state index is 13.7. The molecule has 2 atom stereocenters. The molecule has 0 aromatic heterocycles. The molecule has 0 saturated carbocycles. The van der Waals surface area contributed by atoms with Gasteiger partial charge in [-0.15, -0.1) is 0 Å². The van der Waals surface area contributed by atoms with Crippen molar-refractivity contribution in [2.75, 3.05) is 16.8 Å². The molecule has 1 fully saturated rings. The van der Waals surface area contributed by atoms with Gasteiger partial charge < -0.3 is 5.32 Å². The van der Waals surface area contributed by atoms with E-state index in [4.69, 9.17) is 11.6 Å². The fraction of sp³-hybridized carbons (Fsp3) is 0.167. The number of hydrogen-bond donors (Lipinski definition) is 1. The van der Waals surface area contributed by atoms with Crippen LogP contribution >= 0.6 is 11.6 Å². The zero-order chi connectivity index (χ0) is 19.8. The third-order valence-electron chi connectivity index (χ3n) is 4.38.